The Labute approximate surface area is 187 Å². The third-order valence-electron chi connectivity index (χ3n) is 4.54. The molecular formula is C19H31ClIN3O2S. The molecule has 1 saturated carbocycles. The molecule has 0 spiro atoms. The van der Waals surface area contributed by atoms with Gasteiger partial charge in [-0.15, -0.1) is 24.0 Å². The number of nitrogens with one attached hydrogen (secondary N) is 2. The highest BCUT2D eigenvalue weighted by Crippen LogP contribution is 2.22. The number of rotatable bonds is 8. The van der Waals surface area contributed by atoms with Crippen LogP contribution in [0.5, 0.6) is 0 Å². The van der Waals surface area contributed by atoms with E-state index in [1.54, 1.807) is 7.05 Å². The third-order valence-corrected chi connectivity index (χ3v) is 6.52. The van der Waals surface area contributed by atoms with E-state index in [0.29, 0.717) is 31.1 Å². The first kappa shape index (κ1) is 24.7. The summed E-state index contributed by atoms with van der Waals surface area (Å²) in [6, 6.07) is 8.03. The molecule has 8 heteroatoms. The van der Waals surface area contributed by atoms with Crippen LogP contribution in [0.1, 0.15) is 38.2 Å². The third kappa shape index (κ3) is 9.11. The molecule has 5 nitrogen and oxygen atoms in total. The highest BCUT2D eigenvalue weighted by atomic mass is 127. The van der Waals surface area contributed by atoms with Crippen molar-refractivity contribution in [3.63, 3.8) is 0 Å². The van der Waals surface area contributed by atoms with Gasteiger partial charge in [-0.25, -0.2) is 0 Å². The summed E-state index contributed by atoms with van der Waals surface area (Å²) < 4.78 is 17.7. The van der Waals surface area contributed by atoms with Gasteiger partial charge < -0.3 is 15.4 Å². The summed E-state index contributed by atoms with van der Waals surface area (Å²) >= 11 is 5.97. The van der Waals surface area contributed by atoms with Crippen LogP contribution >= 0.6 is 35.6 Å². The highest BCUT2D eigenvalue weighted by molar-refractivity contribution is 14.0. The molecule has 0 bridgehead atoms. The molecule has 0 radical (unpaired) electrons. The van der Waals surface area contributed by atoms with Gasteiger partial charge in [-0.3, -0.25) is 9.20 Å². The Morgan fingerprint density at radius 2 is 2.22 bits per heavy atom. The fourth-order valence-electron chi connectivity index (χ4n) is 3.20. The predicted molar refractivity (Wildman–Crippen MR) is 126 cm³/mol. The first-order valence-corrected chi connectivity index (χ1v) is 11.0. The van der Waals surface area contributed by atoms with Crippen LogP contribution in [0.3, 0.4) is 0 Å². The number of ether oxygens (including phenoxy) is 1. The quantitative estimate of drug-likeness (QED) is 0.234. The molecular weight excluding hydrogens is 497 g/mol. The molecule has 0 amide bonds. The molecule has 1 aromatic rings. The van der Waals surface area contributed by atoms with E-state index in [1.165, 1.54) is 0 Å². The molecule has 1 aliphatic carbocycles. The summed E-state index contributed by atoms with van der Waals surface area (Å²) in [4.78, 5) is 4.29. The van der Waals surface area contributed by atoms with Crippen molar-refractivity contribution >= 4 is 52.3 Å². The lowest BCUT2D eigenvalue weighted by Crippen LogP contribution is -2.47. The van der Waals surface area contributed by atoms with Crippen LogP contribution in [0.2, 0.25) is 5.02 Å². The summed E-state index contributed by atoms with van der Waals surface area (Å²) in [5, 5.41) is 7.78. The minimum atomic E-state index is -0.709. The van der Waals surface area contributed by atoms with Gasteiger partial charge in [0, 0.05) is 46.5 Å². The van der Waals surface area contributed by atoms with Gasteiger partial charge >= 0.3 is 0 Å². The maximum Gasteiger partial charge on any atom is 0.191 e. The van der Waals surface area contributed by atoms with Crippen molar-refractivity contribution in [2.75, 3.05) is 26.0 Å². The Hall–Kier alpha value is -0.380. The van der Waals surface area contributed by atoms with Crippen LogP contribution < -0.4 is 10.6 Å². The van der Waals surface area contributed by atoms with Crippen LogP contribution in [-0.4, -0.2) is 47.4 Å². The maximum atomic E-state index is 12.1. The van der Waals surface area contributed by atoms with E-state index in [1.807, 2.05) is 31.2 Å². The van der Waals surface area contributed by atoms with Gasteiger partial charge in [0.05, 0.1) is 13.2 Å². The van der Waals surface area contributed by atoms with Crippen molar-refractivity contribution in [1.82, 2.24) is 10.6 Å². The molecule has 154 valence electrons. The molecule has 0 heterocycles. The van der Waals surface area contributed by atoms with Crippen molar-refractivity contribution in [3.8, 4) is 0 Å². The summed E-state index contributed by atoms with van der Waals surface area (Å²) in [7, 11) is 1.06. The Balaban J connectivity index is 0.00000364. The van der Waals surface area contributed by atoms with E-state index in [-0.39, 0.29) is 24.0 Å². The highest BCUT2D eigenvalue weighted by Gasteiger charge is 2.25. The van der Waals surface area contributed by atoms with E-state index < -0.39 is 10.8 Å². The molecule has 1 fully saturated rings. The lowest BCUT2D eigenvalue weighted by Gasteiger charge is -2.30. The largest absolute Gasteiger partial charge is 0.375 e. The van der Waals surface area contributed by atoms with E-state index in [9.17, 15) is 4.21 Å². The number of hydrogen-bond acceptors (Lipinski definition) is 3. The minimum absolute atomic E-state index is 0. The van der Waals surface area contributed by atoms with Crippen LogP contribution in [0, 0.1) is 0 Å². The summed E-state index contributed by atoms with van der Waals surface area (Å²) in [5.74, 6) is 1.53. The van der Waals surface area contributed by atoms with E-state index in [0.717, 1.165) is 48.0 Å². The normalized spacial score (nSPS) is 21.2. The first-order valence-electron chi connectivity index (χ1n) is 9.29. The standard InChI is InChI=1S/C19H30ClN3O2S.HI/c1-3-26(24)18-9-5-8-17(13-18)23-19(21-2)22-10-11-25-14-15-6-4-7-16(20)12-15;/h4,6-7,12,17-18H,3,5,8-11,13-14H2,1-2H3,(H2,21,22,23);1H. The molecule has 2 rings (SSSR count). The van der Waals surface area contributed by atoms with Gasteiger partial charge in [0.25, 0.3) is 0 Å². The zero-order valence-corrected chi connectivity index (χ0v) is 20.0. The summed E-state index contributed by atoms with van der Waals surface area (Å²) in [6.45, 7) is 3.80. The predicted octanol–water partition coefficient (Wildman–Crippen LogP) is 3.72. The van der Waals surface area contributed by atoms with Gasteiger partial charge in [0.15, 0.2) is 5.96 Å². The molecule has 3 unspecified atom stereocenters. The second kappa shape index (κ2) is 13.7. The molecule has 0 aliphatic heterocycles. The molecule has 27 heavy (non-hydrogen) atoms. The monoisotopic (exact) mass is 527 g/mol. The Bertz CT molecular complexity index is 618. The van der Waals surface area contributed by atoms with E-state index >= 15 is 0 Å². The fourth-order valence-corrected chi connectivity index (χ4v) is 4.76. The average Bonchev–Trinajstić information content (AvgIpc) is 2.66. The van der Waals surface area contributed by atoms with Crippen molar-refractivity contribution in [3.05, 3.63) is 34.9 Å². The van der Waals surface area contributed by atoms with Gasteiger partial charge in [0.1, 0.15) is 0 Å². The molecule has 1 aliphatic rings. The van der Waals surface area contributed by atoms with Gasteiger partial charge in [-0.1, -0.05) is 37.1 Å². The Kier molecular flexibility index (Phi) is 12.5. The number of halogens is 2. The molecule has 1 aromatic carbocycles. The van der Waals surface area contributed by atoms with Crippen molar-refractivity contribution in [2.24, 2.45) is 4.99 Å². The van der Waals surface area contributed by atoms with E-state index in [2.05, 4.69) is 15.6 Å². The number of guanidine groups is 1. The number of benzene rings is 1. The zero-order chi connectivity index (χ0) is 18.8. The minimum Gasteiger partial charge on any atom is -0.375 e. The van der Waals surface area contributed by atoms with Gasteiger partial charge in [0.2, 0.25) is 0 Å². The van der Waals surface area contributed by atoms with Crippen LogP contribution in [0.25, 0.3) is 0 Å². The molecule has 3 atom stereocenters. The molecule has 0 aromatic heterocycles. The van der Waals surface area contributed by atoms with Crippen molar-refractivity contribution < 1.29 is 8.95 Å². The summed E-state index contributed by atoms with van der Waals surface area (Å²) in [6.07, 6.45) is 4.24. The number of hydrogen-bond donors (Lipinski definition) is 2. The number of aliphatic imine (C=N–C) groups is 1. The second-order valence-electron chi connectivity index (χ2n) is 6.48. The number of nitrogens with zero attached hydrogens (tertiary/aromatic N) is 1. The zero-order valence-electron chi connectivity index (χ0n) is 16.1. The van der Waals surface area contributed by atoms with Crippen LogP contribution in [0.15, 0.2) is 29.3 Å². The lowest BCUT2D eigenvalue weighted by atomic mass is 9.95. The van der Waals surface area contributed by atoms with Crippen LogP contribution in [0.4, 0.5) is 0 Å². The van der Waals surface area contributed by atoms with E-state index in [4.69, 9.17) is 16.3 Å². The molecule has 2 N–H and O–H groups in total. The smallest absolute Gasteiger partial charge is 0.191 e. The van der Waals surface area contributed by atoms with Crippen molar-refractivity contribution in [2.45, 2.75) is 50.5 Å². The Morgan fingerprint density at radius 1 is 1.41 bits per heavy atom. The maximum absolute atomic E-state index is 12.1. The fraction of sp³-hybridized carbons (Fsp3) is 0.632. The first-order chi connectivity index (χ1) is 12.6. The summed E-state index contributed by atoms with van der Waals surface area (Å²) in [5.41, 5.74) is 1.07. The van der Waals surface area contributed by atoms with Gasteiger partial charge in [-0.05, 0) is 37.0 Å². The topological polar surface area (TPSA) is 62.7 Å². The molecule has 0 saturated heterocycles. The van der Waals surface area contributed by atoms with Crippen LogP contribution in [-0.2, 0) is 22.1 Å². The second-order valence-corrected chi connectivity index (χ2v) is 8.92. The van der Waals surface area contributed by atoms with Gasteiger partial charge in [-0.2, -0.15) is 0 Å². The SMILES string of the molecule is CCS(=O)C1CCCC(NC(=NC)NCCOCc2cccc(Cl)c2)C1.I. The average molecular weight is 528 g/mol. The van der Waals surface area contributed by atoms with Crippen molar-refractivity contribution in [1.29, 1.82) is 0 Å². The Morgan fingerprint density at radius 3 is 2.93 bits per heavy atom. The lowest BCUT2D eigenvalue weighted by molar-refractivity contribution is 0.125.